The first-order valence-corrected chi connectivity index (χ1v) is 7.37. The molecule has 0 aliphatic carbocycles. The Bertz CT molecular complexity index is 918. The van der Waals surface area contributed by atoms with Crippen molar-refractivity contribution in [3.63, 3.8) is 0 Å². The molecule has 0 aliphatic heterocycles. The van der Waals surface area contributed by atoms with Crippen LogP contribution in [-0.2, 0) is 17.8 Å². The minimum absolute atomic E-state index is 0.113. The fourth-order valence-corrected chi connectivity index (χ4v) is 2.55. The monoisotopic (exact) mass is 326 g/mol. The van der Waals surface area contributed by atoms with Gasteiger partial charge >= 0.3 is 5.97 Å². The second kappa shape index (κ2) is 6.54. The molecule has 0 saturated heterocycles. The number of carboxylic acids is 1. The van der Waals surface area contributed by atoms with Crippen LogP contribution < -0.4 is 5.32 Å². The Morgan fingerprint density at radius 3 is 2.79 bits per heavy atom. The topological polar surface area (TPSA) is 82.2 Å². The summed E-state index contributed by atoms with van der Waals surface area (Å²) in [4.78, 5) is 26.0. The third kappa shape index (κ3) is 3.43. The molecule has 0 unspecified atom stereocenters. The highest BCUT2D eigenvalue weighted by atomic mass is 19.1. The molecule has 3 aromatic rings. The molecular formula is C18H15FN2O3. The molecule has 122 valence electrons. The van der Waals surface area contributed by atoms with E-state index >= 15 is 0 Å². The van der Waals surface area contributed by atoms with E-state index in [9.17, 15) is 14.0 Å². The number of hydrogen-bond donors (Lipinski definition) is 3. The molecule has 6 heteroatoms. The van der Waals surface area contributed by atoms with Gasteiger partial charge in [0.1, 0.15) is 5.82 Å². The number of halogens is 1. The van der Waals surface area contributed by atoms with Gasteiger partial charge in [0.2, 0.25) is 5.91 Å². The molecule has 1 amide bonds. The Morgan fingerprint density at radius 1 is 1.17 bits per heavy atom. The van der Waals surface area contributed by atoms with Gasteiger partial charge in [-0.15, -0.1) is 0 Å². The Balaban J connectivity index is 1.66. The average Bonchev–Trinajstić information content (AvgIpc) is 2.95. The van der Waals surface area contributed by atoms with Crippen molar-refractivity contribution < 1.29 is 19.1 Å². The van der Waals surface area contributed by atoms with Crippen LogP contribution in [0, 0.1) is 5.82 Å². The second-order valence-corrected chi connectivity index (χ2v) is 5.46. The molecule has 0 bridgehead atoms. The van der Waals surface area contributed by atoms with E-state index < -0.39 is 5.97 Å². The average molecular weight is 326 g/mol. The number of fused-ring (bicyclic) bond motifs is 1. The molecule has 1 heterocycles. The largest absolute Gasteiger partial charge is 0.478 e. The van der Waals surface area contributed by atoms with Gasteiger partial charge in [-0.2, -0.15) is 0 Å². The van der Waals surface area contributed by atoms with Crippen LogP contribution in [0.25, 0.3) is 10.9 Å². The molecule has 0 atom stereocenters. The number of benzene rings is 2. The number of amides is 1. The smallest absolute Gasteiger partial charge is 0.335 e. The van der Waals surface area contributed by atoms with Gasteiger partial charge in [-0.3, -0.25) is 4.79 Å². The standard InChI is InChI=1S/C18H15FN2O3/c19-14-4-5-16-15(8-14)13(10-20-16)7-17(22)21-9-11-2-1-3-12(6-11)18(23)24/h1-6,8,10,20H,7,9H2,(H,21,22)(H,23,24). The third-order valence-corrected chi connectivity index (χ3v) is 3.74. The van der Waals surface area contributed by atoms with Crippen LogP contribution in [0.1, 0.15) is 21.5 Å². The lowest BCUT2D eigenvalue weighted by Gasteiger charge is -2.06. The van der Waals surface area contributed by atoms with Crippen molar-refractivity contribution in [2.24, 2.45) is 0 Å². The molecule has 3 rings (SSSR count). The lowest BCUT2D eigenvalue weighted by atomic mass is 10.1. The van der Waals surface area contributed by atoms with Crippen molar-refractivity contribution >= 4 is 22.8 Å². The van der Waals surface area contributed by atoms with Gasteiger partial charge in [-0.1, -0.05) is 12.1 Å². The highest BCUT2D eigenvalue weighted by Crippen LogP contribution is 2.19. The summed E-state index contributed by atoms with van der Waals surface area (Å²) in [5.74, 6) is -1.58. The fourth-order valence-electron chi connectivity index (χ4n) is 2.55. The number of aromatic nitrogens is 1. The quantitative estimate of drug-likeness (QED) is 0.674. The third-order valence-electron chi connectivity index (χ3n) is 3.74. The molecule has 0 spiro atoms. The van der Waals surface area contributed by atoms with Gasteiger partial charge in [-0.05, 0) is 41.5 Å². The summed E-state index contributed by atoms with van der Waals surface area (Å²) in [7, 11) is 0. The van der Waals surface area contributed by atoms with Crippen LogP contribution in [0.15, 0.2) is 48.7 Å². The molecule has 0 aliphatic rings. The van der Waals surface area contributed by atoms with E-state index in [0.29, 0.717) is 16.5 Å². The molecule has 2 aromatic carbocycles. The van der Waals surface area contributed by atoms with Crippen LogP contribution >= 0.6 is 0 Å². The first kappa shape index (κ1) is 15.7. The molecule has 1 aromatic heterocycles. The summed E-state index contributed by atoms with van der Waals surface area (Å²) in [5.41, 5.74) is 2.36. The van der Waals surface area contributed by atoms with Crippen molar-refractivity contribution in [3.05, 3.63) is 71.2 Å². The Kier molecular flexibility index (Phi) is 4.29. The number of carbonyl (C=O) groups excluding carboxylic acids is 1. The van der Waals surface area contributed by atoms with Crippen molar-refractivity contribution in [1.29, 1.82) is 0 Å². The molecule has 0 saturated carbocycles. The van der Waals surface area contributed by atoms with Gasteiger partial charge in [0, 0.05) is 23.6 Å². The number of carboxylic acid groups (broad SMARTS) is 1. The maximum absolute atomic E-state index is 13.3. The van der Waals surface area contributed by atoms with E-state index in [1.54, 1.807) is 24.4 Å². The van der Waals surface area contributed by atoms with Gasteiger partial charge in [0.25, 0.3) is 0 Å². The summed E-state index contributed by atoms with van der Waals surface area (Å²) in [6.45, 7) is 0.233. The van der Waals surface area contributed by atoms with Crippen LogP contribution in [-0.4, -0.2) is 22.0 Å². The molecule has 24 heavy (non-hydrogen) atoms. The SMILES string of the molecule is O=C(Cc1c[nH]c2ccc(F)cc12)NCc1cccc(C(=O)O)c1. The Morgan fingerprint density at radius 2 is 2.00 bits per heavy atom. The van der Waals surface area contributed by atoms with E-state index in [4.69, 9.17) is 5.11 Å². The summed E-state index contributed by atoms with van der Waals surface area (Å²) >= 11 is 0. The maximum atomic E-state index is 13.3. The van der Waals surface area contributed by atoms with E-state index in [0.717, 1.165) is 5.52 Å². The van der Waals surface area contributed by atoms with Gasteiger partial charge in [-0.25, -0.2) is 9.18 Å². The van der Waals surface area contributed by atoms with Crippen LogP contribution in [0.2, 0.25) is 0 Å². The molecule has 0 fully saturated rings. The van der Waals surface area contributed by atoms with E-state index in [2.05, 4.69) is 10.3 Å². The minimum atomic E-state index is -1.01. The van der Waals surface area contributed by atoms with E-state index in [1.807, 2.05) is 0 Å². The fraction of sp³-hybridized carbons (Fsp3) is 0.111. The second-order valence-electron chi connectivity index (χ2n) is 5.46. The lowest BCUT2D eigenvalue weighted by Crippen LogP contribution is -2.24. The van der Waals surface area contributed by atoms with Crippen LogP contribution in [0.3, 0.4) is 0 Å². The van der Waals surface area contributed by atoms with Crippen molar-refractivity contribution in [3.8, 4) is 0 Å². The van der Waals surface area contributed by atoms with Crippen molar-refractivity contribution in [2.75, 3.05) is 0 Å². The van der Waals surface area contributed by atoms with Gasteiger partial charge in [0.15, 0.2) is 0 Å². The first-order chi connectivity index (χ1) is 11.5. The molecule has 3 N–H and O–H groups in total. The first-order valence-electron chi connectivity index (χ1n) is 7.37. The van der Waals surface area contributed by atoms with Crippen molar-refractivity contribution in [2.45, 2.75) is 13.0 Å². The van der Waals surface area contributed by atoms with Gasteiger partial charge < -0.3 is 15.4 Å². The highest BCUT2D eigenvalue weighted by Gasteiger charge is 2.10. The summed E-state index contributed by atoms with van der Waals surface area (Å²) in [5, 5.41) is 12.4. The van der Waals surface area contributed by atoms with Crippen LogP contribution in [0.5, 0.6) is 0 Å². The zero-order chi connectivity index (χ0) is 17.1. The number of H-pyrrole nitrogens is 1. The number of carbonyl (C=O) groups is 2. The normalized spacial score (nSPS) is 10.7. The lowest BCUT2D eigenvalue weighted by molar-refractivity contribution is -0.120. The Labute approximate surface area is 137 Å². The van der Waals surface area contributed by atoms with E-state index in [-0.39, 0.29) is 30.3 Å². The number of hydrogen-bond acceptors (Lipinski definition) is 2. The predicted octanol–water partition coefficient (Wildman–Crippen LogP) is 2.86. The van der Waals surface area contributed by atoms with Gasteiger partial charge in [0.05, 0.1) is 12.0 Å². The highest BCUT2D eigenvalue weighted by molar-refractivity contribution is 5.89. The van der Waals surface area contributed by atoms with Crippen LogP contribution in [0.4, 0.5) is 4.39 Å². The van der Waals surface area contributed by atoms with Crippen molar-refractivity contribution in [1.82, 2.24) is 10.3 Å². The molecule has 5 nitrogen and oxygen atoms in total. The predicted molar refractivity (Wildman–Crippen MR) is 87.2 cm³/mol. The number of nitrogens with one attached hydrogen (secondary N) is 2. The molecular weight excluding hydrogens is 311 g/mol. The number of rotatable bonds is 5. The zero-order valence-electron chi connectivity index (χ0n) is 12.7. The summed E-state index contributed by atoms with van der Waals surface area (Å²) in [6.07, 6.45) is 1.80. The maximum Gasteiger partial charge on any atom is 0.335 e. The van der Waals surface area contributed by atoms with E-state index in [1.165, 1.54) is 24.3 Å². The zero-order valence-corrected chi connectivity index (χ0v) is 12.7. The minimum Gasteiger partial charge on any atom is -0.478 e. The summed E-state index contributed by atoms with van der Waals surface area (Å²) in [6, 6.07) is 10.8. The Hall–Kier alpha value is -3.15. The number of aromatic carboxylic acids is 1. The number of aromatic amines is 1. The molecule has 0 radical (unpaired) electrons. The summed E-state index contributed by atoms with van der Waals surface area (Å²) < 4.78 is 13.3.